The van der Waals surface area contributed by atoms with Crippen LogP contribution in [0.2, 0.25) is 0 Å². The van der Waals surface area contributed by atoms with Crippen LogP contribution in [-0.2, 0) is 0 Å². The molecule has 0 aromatic carbocycles. The van der Waals surface area contributed by atoms with E-state index < -0.39 is 0 Å². The molecule has 10 heavy (non-hydrogen) atoms. The molecule has 0 spiro atoms. The molecule has 2 nitrogen and oxygen atoms in total. The van der Waals surface area contributed by atoms with Crippen molar-refractivity contribution in [2.45, 2.75) is 18.4 Å². The molecule has 58 valence electrons. The molecular formula is C8H16N2. The van der Waals surface area contributed by atoms with Crippen LogP contribution in [0.15, 0.2) is 25.3 Å². The van der Waals surface area contributed by atoms with E-state index >= 15 is 0 Å². The van der Waals surface area contributed by atoms with E-state index in [1.165, 1.54) is 0 Å². The van der Waals surface area contributed by atoms with Gasteiger partial charge in [-0.1, -0.05) is 12.2 Å². The average Bonchev–Trinajstić information content (AvgIpc) is 1.89. The van der Waals surface area contributed by atoms with Crippen LogP contribution in [0.5, 0.6) is 0 Å². The molecular weight excluding hydrogens is 124 g/mol. The van der Waals surface area contributed by atoms with Crippen LogP contribution >= 0.6 is 0 Å². The van der Waals surface area contributed by atoms with Crippen molar-refractivity contribution in [1.82, 2.24) is 0 Å². The number of rotatable bonds is 5. The van der Waals surface area contributed by atoms with Gasteiger partial charge in [0.2, 0.25) is 0 Å². The van der Waals surface area contributed by atoms with Gasteiger partial charge in [0.15, 0.2) is 0 Å². The molecule has 0 saturated carbocycles. The zero-order valence-corrected chi connectivity index (χ0v) is 6.34. The summed E-state index contributed by atoms with van der Waals surface area (Å²) < 4.78 is 0. The summed E-state index contributed by atoms with van der Waals surface area (Å²) >= 11 is 0. The topological polar surface area (TPSA) is 52.0 Å². The molecule has 0 aromatic rings. The van der Waals surface area contributed by atoms with Crippen molar-refractivity contribution in [3.8, 4) is 0 Å². The Kier molecular flexibility index (Phi) is 4.00. The van der Waals surface area contributed by atoms with Crippen molar-refractivity contribution >= 4 is 0 Å². The van der Waals surface area contributed by atoms with Gasteiger partial charge < -0.3 is 11.5 Å². The van der Waals surface area contributed by atoms with Gasteiger partial charge in [0.1, 0.15) is 0 Å². The van der Waals surface area contributed by atoms with Gasteiger partial charge in [-0.3, -0.25) is 0 Å². The second-order valence-electron chi connectivity index (χ2n) is 2.55. The molecule has 0 bridgehead atoms. The average molecular weight is 140 g/mol. The van der Waals surface area contributed by atoms with Crippen LogP contribution < -0.4 is 11.5 Å². The second kappa shape index (κ2) is 4.25. The molecule has 0 radical (unpaired) electrons. The highest BCUT2D eigenvalue weighted by Gasteiger charge is 2.18. The minimum atomic E-state index is -0.316. The maximum atomic E-state index is 5.85. The van der Waals surface area contributed by atoms with Crippen LogP contribution in [0.4, 0.5) is 0 Å². The zero-order chi connectivity index (χ0) is 8.04. The van der Waals surface area contributed by atoms with Crippen molar-refractivity contribution in [2.75, 3.05) is 6.54 Å². The van der Waals surface area contributed by atoms with Gasteiger partial charge in [0.05, 0.1) is 0 Å². The van der Waals surface area contributed by atoms with Crippen molar-refractivity contribution in [3.05, 3.63) is 25.3 Å². The Morgan fingerprint density at radius 3 is 1.80 bits per heavy atom. The van der Waals surface area contributed by atoms with Crippen molar-refractivity contribution in [1.29, 1.82) is 0 Å². The molecule has 0 saturated heterocycles. The lowest BCUT2D eigenvalue weighted by molar-refractivity contribution is 0.446. The Morgan fingerprint density at radius 1 is 1.20 bits per heavy atom. The highest BCUT2D eigenvalue weighted by molar-refractivity contribution is 4.96. The summed E-state index contributed by atoms with van der Waals surface area (Å²) in [4.78, 5) is 0. The van der Waals surface area contributed by atoms with Gasteiger partial charge in [-0.25, -0.2) is 0 Å². The third kappa shape index (κ3) is 2.80. The Morgan fingerprint density at radius 2 is 1.60 bits per heavy atom. The largest absolute Gasteiger partial charge is 0.329 e. The first-order valence-corrected chi connectivity index (χ1v) is 3.39. The minimum Gasteiger partial charge on any atom is -0.329 e. The van der Waals surface area contributed by atoms with Gasteiger partial charge >= 0.3 is 0 Å². The van der Waals surface area contributed by atoms with Crippen molar-refractivity contribution < 1.29 is 0 Å². The summed E-state index contributed by atoms with van der Waals surface area (Å²) in [5.74, 6) is 0. The first-order chi connectivity index (χ1) is 4.68. The van der Waals surface area contributed by atoms with Crippen molar-refractivity contribution in [3.63, 3.8) is 0 Å². The first kappa shape index (κ1) is 9.40. The lowest BCUT2D eigenvalue weighted by atomic mass is 9.93. The van der Waals surface area contributed by atoms with E-state index in [1.54, 1.807) is 12.2 Å². The number of hydrogen-bond donors (Lipinski definition) is 2. The Balaban J connectivity index is 3.92. The highest BCUT2D eigenvalue weighted by Crippen LogP contribution is 2.10. The molecule has 0 amide bonds. The molecule has 0 aliphatic rings. The summed E-state index contributed by atoms with van der Waals surface area (Å²) in [6.45, 7) is 7.69. The molecule has 0 unspecified atom stereocenters. The summed E-state index contributed by atoms with van der Waals surface area (Å²) in [6, 6.07) is 0. The van der Waals surface area contributed by atoms with E-state index in [2.05, 4.69) is 13.2 Å². The normalized spacial score (nSPS) is 11.0. The predicted octanol–water partition coefficient (Wildman–Crippen LogP) is 0.795. The van der Waals surface area contributed by atoms with E-state index in [9.17, 15) is 0 Å². The number of hydrogen-bond acceptors (Lipinski definition) is 2. The lowest BCUT2D eigenvalue weighted by Crippen LogP contribution is -2.46. The quantitative estimate of drug-likeness (QED) is 0.555. The van der Waals surface area contributed by atoms with E-state index in [-0.39, 0.29) is 5.54 Å². The zero-order valence-electron chi connectivity index (χ0n) is 6.34. The van der Waals surface area contributed by atoms with E-state index in [1.807, 2.05) is 0 Å². The lowest BCUT2D eigenvalue weighted by Gasteiger charge is -2.24. The SMILES string of the molecule is C=CCC(N)(CN)CC=C. The van der Waals surface area contributed by atoms with Crippen LogP contribution in [0.3, 0.4) is 0 Å². The first-order valence-electron chi connectivity index (χ1n) is 3.39. The highest BCUT2D eigenvalue weighted by atomic mass is 14.8. The minimum absolute atomic E-state index is 0.316. The van der Waals surface area contributed by atoms with Crippen LogP contribution in [-0.4, -0.2) is 12.1 Å². The fraction of sp³-hybridized carbons (Fsp3) is 0.500. The second-order valence-corrected chi connectivity index (χ2v) is 2.55. The molecule has 2 heteroatoms. The molecule has 0 fully saturated rings. The summed E-state index contributed by atoms with van der Waals surface area (Å²) in [7, 11) is 0. The van der Waals surface area contributed by atoms with Crippen LogP contribution in [0.25, 0.3) is 0 Å². The smallest absolute Gasteiger partial charge is 0.0348 e. The molecule has 0 atom stereocenters. The van der Waals surface area contributed by atoms with Crippen LogP contribution in [0.1, 0.15) is 12.8 Å². The van der Waals surface area contributed by atoms with Gasteiger partial charge in [0.25, 0.3) is 0 Å². The van der Waals surface area contributed by atoms with Gasteiger partial charge in [-0.2, -0.15) is 0 Å². The summed E-state index contributed by atoms with van der Waals surface area (Å²) in [5.41, 5.74) is 11.0. The molecule has 0 aliphatic carbocycles. The van der Waals surface area contributed by atoms with Gasteiger partial charge in [0, 0.05) is 12.1 Å². The molecule has 4 N–H and O–H groups in total. The summed E-state index contributed by atoms with van der Waals surface area (Å²) in [6.07, 6.45) is 5.07. The van der Waals surface area contributed by atoms with E-state index in [0.717, 1.165) is 12.8 Å². The van der Waals surface area contributed by atoms with Gasteiger partial charge in [-0.15, -0.1) is 13.2 Å². The maximum Gasteiger partial charge on any atom is 0.0348 e. The van der Waals surface area contributed by atoms with E-state index in [4.69, 9.17) is 11.5 Å². The number of nitrogens with two attached hydrogens (primary N) is 2. The summed E-state index contributed by atoms with van der Waals surface area (Å²) in [5, 5.41) is 0. The van der Waals surface area contributed by atoms with Gasteiger partial charge in [-0.05, 0) is 12.8 Å². The third-order valence-electron chi connectivity index (χ3n) is 1.51. The molecule has 0 aromatic heterocycles. The third-order valence-corrected chi connectivity index (χ3v) is 1.51. The fourth-order valence-corrected chi connectivity index (χ4v) is 0.825. The van der Waals surface area contributed by atoms with Crippen LogP contribution in [0, 0.1) is 0 Å². The molecule has 0 heterocycles. The standard InChI is InChI=1S/C8H16N2/c1-3-5-8(10,7-9)6-4-2/h3-4H,1-2,5-7,9-10H2. The molecule has 0 rings (SSSR count). The Bertz CT molecular complexity index is 108. The molecule has 0 aliphatic heterocycles. The van der Waals surface area contributed by atoms with E-state index in [0.29, 0.717) is 6.54 Å². The van der Waals surface area contributed by atoms with Crippen molar-refractivity contribution in [2.24, 2.45) is 11.5 Å². The Labute approximate surface area is 62.6 Å². The predicted molar refractivity (Wildman–Crippen MR) is 45.6 cm³/mol. The maximum absolute atomic E-state index is 5.85. The Hall–Kier alpha value is -0.600. The fourth-order valence-electron chi connectivity index (χ4n) is 0.825. The monoisotopic (exact) mass is 140 g/mol.